The summed E-state index contributed by atoms with van der Waals surface area (Å²) in [4.78, 5) is 29.1. The zero-order valence-corrected chi connectivity index (χ0v) is 20.7. The third-order valence-electron chi connectivity index (χ3n) is 4.62. The van der Waals surface area contributed by atoms with E-state index in [4.69, 9.17) is 11.5 Å². The first kappa shape index (κ1) is 26.9. The van der Waals surface area contributed by atoms with E-state index in [1.165, 1.54) is 24.3 Å². The summed E-state index contributed by atoms with van der Waals surface area (Å²) in [5.74, 6) is -2.17. The summed E-state index contributed by atoms with van der Waals surface area (Å²) >= 11 is 1.07. The number of rotatable bonds is 10. The van der Waals surface area contributed by atoms with Crippen molar-refractivity contribution in [1.29, 1.82) is 0 Å². The molecule has 2 aromatic rings. The van der Waals surface area contributed by atoms with Crippen LogP contribution in [0.3, 0.4) is 0 Å². The fourth-order valence-corrected chi connectivity index (χ4v) is 5.02. The van der Waals surface area contributed by atoms with E-state index in [0.717, 1.165) is 16.2 Å². The molecular weight excluding hydrogens is 482 g/mol. The highest BCUT2D eigenvalue weighted by Crippen LogP contribution is 2.36. The summed E-state index contributed by atoms with van der Waals surface area (Å²) < 4.78 is 28.1. The second kappa shape index (κ2) is 10.7. The van der Waals surface area contributed by atoms with Crippen LogP contribution in [0, 0.1) is 0 Å². The molecule has 1 atom stereocenters. The number of carboxylic acids is 1. The molecular formula is C21H29N5O6S2. The number of nitrogens with two attached hydrogens (primary N) is 2. The number of thiophene rings is 1. The lowest BCUT2D eigenvalue weighted by Gasteiger charge is -2.15. The number of benzene rings is 1. The molecule has 34 heavy (non-hydrogen) atoms. The first-order valence-electron chi connectivity index (χ1n) is 10.3. The number of aromatic hydroxyl groups is 1. The number of nitrogens with one attached hydrogen (secondary N) is 2. The first-order chi connectivity index (χ1) is 15.7. The number of aliphatic carboxylic acids is 1. The number of amides is 1. The number of carbonyl (C=O) groups is 2. The fourth-order valence-electron chi connectivity index (χ4n) is 2.82. The highest BCUT2D eigenvalue weighted by Gasteiger charge is 2.28. The molecule has 0 saturated heterocycles. The third-order valence-corrected chi connectivity index (χ3v) is 7.56. The molecule has 13 heteroatoms. The van der Waals surface area contributed by atoms with Crippen molar-refractivity contribution >= 4 is 44.9 Å². The SMILES string of the molecule is CC(C)(C)c1cc(NS(=O)(=O)c2ccc(O)cc2)c(C(=O)N[C@@H](CCCN=C(N)N)C(=O)O)s1. The van der Waals surface area contributed by atoms with Gasteiger partial charge in [-0.3, -0.25) is 14.5 Å². The number of hydrogen-bond donors (Lipinski definition) is 6. The zero-order valence-electron chi connectivity index (χ0n) is 19.0. The number of phenols is 1. The molecule has 1 heterocycles. The van der Waals surface area contributed by atoms with Crippen molar-refractivity contribution in [3.05, 3.63) is 40.1 Å². The average molecular weight is 512 g/mol. The van der Waals surface area contributed by atoms with Crippen molar-refractivity contribution in [2.75, 3.05) is 11.3 Å². The van der Waals surface area contributed by atoms with Crippen molar-refractivity contribution < 1.29 is 28.2 Å². The topological polar surface area (TPSA) is 197 Å². The largest absolute Gasteiger partial charge is 0.508 e. The Morgan fingerprint density at radius 2 is 1.79 bits per heavy atom. The number of phenolic OH excluding ortho intramolecular Hbond substituents is 1. The Labute approximate surface area is 201 Å². The van der Waals surface area contributed by atoms with Gasteiger partial charge < -0.3 is 27.0 Å². The van der Waals surface area contributed by atoms with Crippen molar-refractivity contribution in [2.24, 2.45) is 16.5 Å². The third kappa shape index (κ3) is 7.35. The quantitative estimate of drug-likeness (QED) is 0.158. The molecule has 0 spiro atoms. The van der Waals surface area contributed by atoms with E-state index in [-0.39, 0.29) is 40.1 Å². The standard InChI is InChI=1S/C21H29N5O6S2/c1-21(2,3)16-11-15(26-34(31,32)13-8-6-12(27)7-9-13)17(33-16)18(28)25-14(19(29)30)5-4-10-24-20(22)23/h6-9,11,14,26-27H,4-5,10H2,1-3H3,(H,25,28)(H,29,30)(H4,22,23,24)/t14-/m0/s1. The maximum absolute atomic E-state index is 13.0. The molecule has 0 bridgehead atoms. The van der Waals surface area contributed by atoms with Crippen LogP contribution in [0.25, 0.3) is 0 Å². The molecule has 0 aliphatic rings. The van der Waals surface area contributed by atoms with Crippen molar-refractivity contribution in [2.45, 2.75) is 50.0 Å². The molecule has 8 N–H and O–H groups in total. The highest BCUT2D eigenvalue weighted by molar-refractivity contribution is 7.92. The first-order valence-corrected chi connectivity index (χ1v) is 12.6. The molecule has 11 nitrogen and oxygen atoms in total. The number of hydrogen-bond acceptors (Lipinski definition) is 7. The number of anilines is 1. The average Bonchev–Trinajstić information content (AvgIpc) is 3.13. The van der Waals surface area contributed by atoms with Gasteiger partial charge in [0.2, 0.25) is 0 Å². The van der Waals surface area contributed by atoms with Crippen LogP contribution in [-0.2, 0) is 20.2 Å². The van der Waals surface area contributed by atoms with Crippen LogP contribution in [0.5, 0.6) is 5.75 Å². The molecule has 0 unspecified atom stereocenters. The van der Waals surface area contributed by atoms with Gasteiger partial charge in [-0.2, -0.15) is 0 Å². The van der Waals surface area contributed by atoms with E-state index in [9.17, 15) is 28.2 Å². The van der Waals surface area contributed by atoms with E-state index in [0.29, 0.717) is 6.42 Å². The molecule has 2 rings (SSSR count). The van der Waals surface area contributed by atoms with Gasteiger partial charge in [0.25, 0.3) is 15.9 Å². The molecule has 0 saturated carbocycles. The van der Waals surface area contributed by atoms with Gasteiger partial charge in [-0.1, -0.05) is 20.8 Å². The highest BCUT2D eigenvalue weighted by atomic mass is 32.2. The fraction of sp³-hybridized carbons (Fsp3) is 0.381. The second-order valence-corrected chi connectivity index (χ2v) is 11.3. The second-order valence-electron chi connectivity index (χ2n) is 8.52. The molecule has 1 aromatic carbocycles. The Balaban J connectivity index is 2.33. The summed E-state index contributed by atoms with van der Waals surface area (Å²) in [6, 6.07) is 5.26. The number of guanidine groups is 1. The Morgan fingerprint density at radius 1 is 1.18 bits per heavy atom. The van der Waals surface area contributed by atoms with Crippen molar-refractivity contribution in [1.82, 2.24) is 5.32 Å². The van der Waals surface area contributed by atoms with Crippen LogP contribution >= 0.6 is 11.3 Å². The summed E-state index contributed by atoms with van der Waals surface area (Å²) in [6.07, 6.45) is 0.386. The Hall–Kier alpha value is -3.32. The van der Waals surface area contributed by atoms with E-state index >= 15 is 0 Å². The number of aliphatic imine (C=N–C) groups is 1. The maximum atomic E-state index is 13.0. The number of carbonyl (C=O) groups excluding carboxylic acids is 1. The maximum Gasteiger partial charge on any atom is 0.326 e. The zero-order chi connectivity index (χ0) is 25.7. The van der Waals surface area contributed by atoms with Gasteiger partial charge in [0.1, 0.15) is 16.7 Å². The van der Waals surface area contributed by atoms with Gasteiger partial charge in [0.15, 0.2) is 5.96 Å². The van der Waals surface area contributed by atoms with Gasteiger partial charge in [-0.05, 0) is 48.6 Å². The molecule has 0 aliphatic heterocycles. The Kier molecular flexibility index (Phi) is 8.51. The van der Waals surface area contributed by atoms with Gasteiger partial charge in [-0.25, -0.2) is 13.2 Å². The Morgan fingerprint density at radius 3 is 2.32 bits per heavy atom. The summed E-state index contributed by atoms with van der Waals surface area (Å²) in [5.41, 5.74) is 10.1. The van der Waals surface area contributed by atoms with Gasteiger partial charge in [-0.15, -0.1) is 11.3 Å². The predicted molar refractivity (Wildman–Crippen MR) is 131 cm³/mol. The van der Waals surface area contributed by atoms with Crippen molar-refractivity contribution in [3.63, 3.8) is 0 Å². The summed E-state index contributed by atoms with van der Waals surface area (Å²) in [5, 5.41) is 21.4. The Bertz CT molecular complexity index is 1160. The molecule has 0 fully saturated rings. The minimum Gasteiger partial charge on any atom is -0.508 e. The van der Waals surface area contributed by atoms with Crippen molar-refractivity contribution in [3.8, 4) is 5.75 Å². The molecule has 1 amide bonds. The molecule has 186 valence electrons. The normalized spacial score (nSPS) is 12.6. The van der Waals surface area contributed by atoms with Crippen LogP contribution in [-0.4, -0.2) is 49.1 Å². The molecule has 0 aliphatic carbocycles. The predicted octanol–water partition coefficient (Wildman–Crippen LogP) is 1.79. The lowest BCUT2D eigenvalue weighted by atomic mass is 9.95. The molecule has 1 aromatic heterocycles. The minimum atomic E-state index is -4.08. The smallest absolute Gasteiger partial charge is 0.326 e. The van der Waals surface area contributed by atoms with Crippen LogP contribution in [0.2, 0.25) is 0 Å². The van der Waals surface area contributed by atoms with Gasteiger partial charge in [0, 0.05) is 11.4 Å². The summed E-state index contributed by atoms with van der Waals surface area (Å²) in [7, 11) is -4.08. The lowest BCUT2D eigenvalue weighted by molar-refractivity contribution is -0.139. The number of nitrogens with zero attached hydrogens (tertiary/aromatic N) is 1. The monoisotopic (exact) mass is 511 g/mol. The van der Waals surface area contributed by atoms with E-state index in [2.05, 4.69) is 15.0 Å². The van der Waals surface area contributed by atoms with Gasteiger partial charge >= 0.3 is 5.97 Å². The van der Waals surface area contributed by atoms with E-state index in [1.54, 1.807) is 6.07 Å². The van der Waals surface area contributed by atoms with Crippen LogP contribution in [0.15, 0.2) is 40.2 Å². The van der Waals surface area contributed by atoms with E-state index in [1.807, 2.05) is 20.8 Å². The minimum absolute atomic E-state index is 0.0303. The van der Waals surface area contributed by atoms with Crippen LogP contribution in [0.4, 0.5) is 5.69 Å². The van der Waals surface area contributed by atoms with Gasteiger partial charge in [0.05, 0.1) is 10.6 Å². The summed E-state index contributed by atoms with van der Waals surface area (Å²) in [6.45, 7) is 5.92. The van der Waals surface area contributed by atoms with Crippen LogP contribution < -0.4 is 21.5 Å². The van der Waals surface area contributed by atoms with Crippen LogP contribution in [0.1, 0.15) is 48.2 Å². The number of carboxylic acid groups (broad SMARTS) is 1. The lowest BCUT2D eigenvalue weighted by Crippen LogP contribution is -2.40. The van der Waals surface area contributed by atoms with E-state index < -0.39 is 33.4 Å². The molecule has 0 radical (unpaired) electrons. The number of sulfonamides is 1.